The lowest BCUT2D eigenvalue weighted by Gasteiger charge is -2.01. The topological polar surface area (TPSA) is 54.9 Å². The first-order valence-electron chi connectivity index (χ1n) is 4.59. The van der Waals surface area contributed by atoms with E-state index in [-0.39, 0.29) is 11.2 Å². The summed E-state index contributed by atoms with van der Waals surface area (Å²) in [4.78, 5) is 25.7. The molecule has 78 valence electrons. The maximum Gasteiger partial charge on any atom is 0.328 e. The molecule has 0 spiro atoms. The van der Waals surface area contributed by atoms with Crippen LogP contribution in [0.25, 0.3) is 11.3 Å². The Morgan fingerprint density at radius 3 is 2.80 bits per heavy atom. The van der Waals surface area contributed by atoms with E-state index in [2.05, 4.69) is 4.98 Å². The number of thiophene rings is 1. The van der Waals surface area contributed by atoms with E-state index in [1.54, 1.807) is 6.92 Å². The molecule has 5 heteroatoms. The molecule has 4 nitrogen and oxygen atoms in total. The second kappa shape index (κ2) is 3.86. The zero-order chi connectivity index (χ0) is 10.8. The molecule has 0 atom stereocenters. The number of aromatic amines is 1. The van der Waals surface area contributed by atoms with E-state index < -0.39 is 0 Å². The van der Waals surface area contributed by atoms with Crippen molar-refractivity contribution in [1.82, 2.24) is 9.55 Å². The minimum Gasteiger partial charge on any atom is -0.307 e. The minimum absolute atomic E-state index is 0.262. The zero-order valence-electron chi connectivity index (χ0n) is 8.19. The highest BCUT2D eigenvalue weighted by atomic mass is 32.1. The fourth-order valence-electron chi connectivity index (χ4n) is 1.39. The van der Waals surface area contributed by atoms with Crippen LogP contribution >= 0.6 is 11.3 Å². The molecule has 0 aliphatic heterocycles. The van der Waals surface area contributed by atoms with Crippen LogP contribution in [0.1, 0.15) is 6.92 Å². The normalized spacial score (nSPS) is 10.5. The molecule has 1 N–H and O–H groups in total. The van der Waals surface area contributed by atoms with E-state index >= 15 is 0 Å². The number of hydrogen-bond donors (Lipinski definition) is 1. The molecule has 0 fully saturated rings. The van der Waals surface area contributed by atoms with Crippen LogP contribution in [0.4, 0.5) is 0 Å². The predicted octanol–water partition coefficient (Wildman–Crippen LogP) is 1.28. The highest BCUT2D eigenvalue weighted by molar-refractivity contribution is 7.08. The van der Waals surface area contributed by atoms with Crippen LogP contribution in [-0.2, 0) is 6.54 Å². The lowest BCUT2D eigenvalue weighted by molar-refractivity contribution is 0.674. The smallest absolute Gasteiger partial charge is 0.307 e. The van der Waals surface area contributed by atoms with E-state index in [9.17, 15) is 9.59 Å². The Morgan fingerprint density at radius 2 is 2.27 bits per heavy atom. The van der Waals surface area contributed by atoms with Gasteiger partial charge in [0.1, 0.15) is 0 Å². The molecular formula is C10H10N2O2S. The molecule has 2 aromatic heterocycles. The van der Waals surface area contributed by atoms with E-state index in [1.807, 2.05) is 16.8 Å². The molecule has 0 aliphatic rings. The molecule has 0 radical (unpaired) electrons. The SMILES string of the molecule is CCn1c(=O)cc(-c2ccsc2)[nH]c1=O. The Morgan fingerprint density at radius 1 is 1.47 bits per heavy atom. The number of aromatic nitrogens is 2. The van der Waals surface area contributed by atoms with Gasteiger partial charge in [0.2, 0.25) is 0 Å². The predicted molar refractivity (Wildman–Crippen MR) is 60.3 cm³/mol. The van der Waals surface area contributed by atoms with Crippen molar-refractivity contribution in [3.63, 3.8) is 0 Å². The summed E-state index contributed by atoms with van der Waals surface area (Å²) < 4.78 is 1.16. The van der Waals surface area contributed by atoms with E-state index in [0.29, 0.717) is 12.2 Å². The first-order chi connectivity index (χ1) is 7.22. The second-order valence-corrected chi connectivity index (χ2v) is 3.86. The number of H-pyrrole nitrogens is 1. The van der Waals surface area contributed by atoms with Gasteiger partial charge in [0, 0.05) is 23.6 Å². The summed E-state index contributed by atoms with van der Waals surface area (Å²) in [7, 11) is 0. The summed E-state index contributed by atoms with van der Waals surface area (Å²) in [6, 6.07) is 3.32. The molecule has 0 aliphatic carbocycles. The standard InChI is InChI=1S/C10H10N2O2S/c1-2-12-9(13)5-8(11-10(12)14)7-3-4-15-6-7/h3-6H,2H2,1H3,(H,11,14). The summed E-state index contributed by atoms with van der Waals surface area (Å²) in [5.74, 6) is 0. The summed E-state index contributed by atoms with van der Waals surface area (Å²) in [5.41, 5.74) is 0.835. The fourth-order valence-corrected chi connectivity index (χ4v) is 2.05. The van der Waals surface area contributed by atoms with Gasteiger partial charge in [-0.2, -0.15) is 11.3 Å². The Hall–Kier alpha value is -1.62. The Bertz CT molecular complexity index is 535. The molecule has 0 saturated heterocycles. The van der Waals surface area contributed by atoms with E-state index in [4.69, 9.17) is 0 Å². The van der Waals surface area contributed by atoms with Crippen molar-refractivity contribution in [2.45, 2.75) is 13.5 Å². The van der Waals surface area contributed by atoms with Gasteiger partial charge in [0.05, 0.1) is 5.69 Å². The van der Waals surface area contributed by atoms with E-state index in [1.165, 1.54) is 17.4 Å². The van der Waals surface area contributed by atoms with Crippen LogP contribution in [0, 0.1) is 0 Å². The molecule has 2 heterocycles. The average molecular weight is 222 g/mol. The van der Waals surface area contributed by atoms with Crippen LogP contribution in [0.5, 0.6) is 0 Å². The van der Waals surface area contributed by atoms with Gasteiger partial charge >= 0.3 is 5.69 Å². The minimum atomic E-state index is -0.355. The van der Waals surface area contributed by atoms with Crippen molar-refractivity contribution < 1.29 is 0 Å². The maximum absolute atomic E-state index is 11.5. The summed E-state index contributed by atoms with van der Waals surface area (Å²) >= 11 is 1.53. The third-order valence-electron chi connectivity index (χ3n) is 2.17. The highest BCUT2D eigenvalue weighted by Gasteiger charge is 2.04. The molecule has 0 saturated carbocycles. The van der Waals surface area contributed by atoms with Gasteiger partial charge < -0.3 is 4.98 Å². The van der Waals surface area contributed by atoms with Crippen molar-refractivity contribution in [2.24, 2.45) is 0 Å². The van der Waals surface area contributed by atoms with Crippen molar-refractivity contribution >= 4 is 11.3 Å². The number of hydrogen-bond acceptors (Lipinski definition) is 3. The molecule has 15 heavy (non-hydrogen) atoms. The Balaban J connectivity index is 2.64. The summed E-state index contributed by atoms with van der Waals surface area (Å²) in [5, 5.41) is 3.79. The average Bonchev–Trinajstić information content (AvgIpc) is 2.69. The molecule has 0 bridgehead atoms. The first kappa shape index (κ1) is 9.92. The molecule has 2 rings (SSSR count). The fraction of sp³-hybridized carbons (Fsp3) is 0.200. The lowest BCUT2D eigenvalue weighted by atomic mass is 10.2. The van der Waals surface area contributed by atoms with Crippen LogP contribution in [-0.4, -0.2) is 9.55 Å². The summed E-state index contributed by atoms with van der Waals surface area (Å²) in [6.45, 7) is 2.15. The third-order valence-corrected chi connectivity index (χ3v) is 2.85. The Labute approximate surface area is 89.8 Å². The Kier molecular flexibility index (Phi) is 2.55. The maximum atomic E-state index is 11.5. The van der Waals surface area contributed by atoms with Crippen molar-refractivity contribution in [3.8, 4) is 11.3 Å². The number of rotatable bonds is 2. The van der Waals surface area contributed by atoms with Crippen LogP contribution in [0.2, 0.25) is 0 Å². The molecule has 2 aromatic rings. The van der Waals surface area contributed by atoms with Crippen molar-refractivity contribution in [3.05, 3.63) is 43.7 Å². The molecule has 0 aromatic carbocycles. The monoisotopic (exact) mass is 222 g/mol. The van der Waals surface area contributed by atoms with Crippen LogP contribution in [0.15, 0.2) is 32.5 Å². The molecule has 0 unspecified atom stereocenters. The first-order valence-corrected chi connectivity index (χ1v) is 5.53. The van der Waals surface area contributed by atoms with Gasteiger partial charge in [-0.05, 0) is 18.4 Å². The van der Waals surface area contributed by atoms with Gasteiger partial charge in [-0.1, -0.05) is 0 Å². The van der Waals surface area contributed by atoms with Crippen LogP contribution in [0.3, 0.4) is 0 Å². The summed E-state index contributed by atoms with van der Waals surface area (Å²) in [6.07, 6.45) is 0. The number of nitrogens with one attached hydrogen (secondary N) is 1. The van der Waals surface area contributed by atoms with Gasteiger partial charge in [0.15, 0.2) is 0 Å². The van der Waals surface area contributed by atoms with E-state index in [0.717, 1.165) is 10.1 Å². The number of nitrogens with zero attached hydrogens (tertiary/aromatic N) is 1. The second-order valence-electron chi connectivity index (χ2n) is 3.08. The van der Waals surface area contributed by atoms with Gasteiger partial charge in [-0.3, -0.25) is 9.36 Å². The molecular weight excluding hydrogens is 212 g/mol. The van der Waals surface area contributed by atoms with Gasteiger partial charge in [-0.25, -0.2) is 4.79 Å². The molecule has 0 amide bonds. The van der Waals surface area contributed by atoms with Gasteiger partial charge in [0.25, 0.3) is 5.56 Å². The zero-order valence-corrected chi connectivity index (χ0v) is 9.00. The quantitative estimate of drug-likeness (QED) is 0.832. The van der Waals surface area contributed by atoms with Crippen molar-refractivity contribution in [1.29, 1.82) is 0 Å². The third kappa shape index (κ3) is 1.78. The van der Waals surface area contributed by atoms with Crippen LogP contribution < -0.4 is 11.2 Å². The largest absolute Gasteiger partial charge is 0.328 e. The van der Waals surface area contributed by atoms with Gasteiger partial charge in [-0.15, -0.1) is 0 Å². The lowest BCUT2D eigenvalue weighted by Crippen LogP contribution is -2.34. The highest BCUT2D eigenvalue weighted by Crippen LogP contribution is 2.16. The van der Waals surface area contributed by atoms with Crippen molar-refractivity contribution in [2.75, 3.05) is 0 Å².